The molecule has 2 N–H and O–H groups in total. The van der Waals surface area contributed by atoms with E-state index in [2.05, 4.69) is 0 Å². The van der Waals surface area contributed by atoms with Crippen LogP contribution in [-0.4, -0.2) is 5.97 Å². The van der Waals surface area contributed by atoms with Crippen LogP contribution in [0.4, 0.5) is 5.69 Å². The minimum atomic E-state index is -0.225. The zero-order chi connectivity index (χ0) is 15.2. The molecule has 0 saturated carbocycles. The van der Waals surface area contributed by atoms with Crippen molar-refractivity contribution in [2.24, 2.45) is 5.92 Å². The third kappa shape index (κ3) is 4.50. The number of nitrogen functional groups attached to an aromatic ring is 1. The molecule has 0 bridgehead atoms. The van der Waals surface area contributed by atoms with Crippen molar-refractivity contribution in [1.29, 1.82) is 0 Å². The third-order valence-electron chi connectivity index (χ3n) is 3.32. The smallest absolute Gasteiger partial charge is 0.314 e. The molecule has 2 aromatic rings. The molecule has 0 spiro atoms. The Labute approximate surface area is 129 Å². The number of carbonyl (C=O) groups excluding carboxylic acids is 1. The SMILES string of the molecule is CCC(Cc1ccc(N)cc1)C(=O)Oc1ccc(Cl)cc1. The van der Waals surface area contributed by atoms with Crippen LogP contribution in [0.25, 0.3) is 0 Å². The molecule has 3 nitrogen and oxygen atoms in total. The first-order chi connectivity index (χ1) is 10.1. The largest absolute Gasteiger partial charge is 0.426 e. The van der Waals surface area contributed by atoms with E-state index >= 15 is 0 Å². The summed E-state index contributed by atoms with van der Waals surface area (Å²) in [5, 5.41) is 0.615. The quantitative estimate of drug-likeness (QED) is 0.514. The summed E-state index contributed by atoms with van der Waals surface area (Å²) in [6, 6.07) is 14.3. The maximum atomic E-state index is 12.2. The van der Waals surface area contributed by atoms with Crippen molar-refractivity contribution in [3.8, 4) is 5.75 Å². The highest BCUT2D eigenvalue weighted by Gasteiger charge is 2.19. The maximum absolute atomic E-state index is 12.2. The molecule has 0 aliphatic carbocycles. The van der Waals surface area contributed by atoms with Gasteiger partial charge in [-0.15, -0.1) is 0 Å². The summed E-state index contributed by atoms with van der Waals surface area (Å²) in [5.74, 6) is 0.112. The van der Waals surface area contributed by atoms with Gasteiger partial charge in [-0.3, -0.25) is 4.79 Å². The average Bonchev–Trinajstić information content (AvgIpc) is 2.49. The Balaban J connectivity index is 2.01. The van der Waals surface area contributed by atoms with Gasteiger partial charge in [0.2, 0.25) is 0 Å². The van der Waals surface area contributed by atoms with Gasteiger partial charge >= 0.3 is 5.97 Å². The number of carbonyl (C=O) groups is 1. The zero-order valence-electron chi connectivity index (χ0n) is 11.9. The summed E-state index contributed by atoms with van der Waals surface area (Å²) >= 11 is 5.81. The van der Waals surface area contributed by atoms with Crippen LogP contribution in [0.1, 0.15) is 18.9 Å². The predicted molar refractivity (Wildman–Crippen MR) is 85.4 cm³/mol. The number of halogens is 1. The summed E-state index contributed by atoms with van der Waals surface area (Å²) < 4.78 is 5.40. The fraction of sp³-hybridized carbons (Fsp3) is 0.235. The molecule has 0 saturated heterocycles. The van der Waals surface area contributed by atoms with E-state index in [1.807, 2.05) is 31.2 Å². The van der Waals surface area contributed by atoms with Crippen molar-refractivity contribution in [2.75, 3.05) is 5.73 Å². The second kappa shape index (κ2) is 7.14. The van der Waals surface area contributed by atoms with Crippen LogP contribution in [-0.2, 0) is 11.2 Å². The van der Waals surface area contributed by atoms with Crippen LogP contribution in [0.2, 0.25) is 5.02 Å². The Hall–Kier alpha value is -2.00. The fourth-order valence-corrected chi connectivity index (χ4v) is 2.16. The van der Waals surface area contributed by atoms with Gasteiger partial charge in [-0.05, 0) is 54.8 Å². The first kappa shape index (κ1) is 15.4. The molecule has 1 atom stereocenters. The predicted octanol–water partition coefficient (Wildman–Crippen LogP) is 4.10. The van der Waals surface area contributed by atoms with Crippen LogP contribution >= 0.6 is 11.6 Å². The molecular weight excluding hydrogens is 286 g/mol. The van der Waals surface area contributed by atoms with Gasteiger partial charge in [0.05, 0.1) is 5.92 Å². The summed E-state index contributed by atoms with van der Waals surface area (Å²) in [4.78, 5) is 12.2. The van der Waals surface area contributed by atoms with Crippen molar-refractivity contribution in [1.82, 2.24) is 0 Å². The van der Waals surface area contributed by atoms with Crippen molar-refractivity contribution >= 4 is 23.3 Å². The lowest BCUT2D eigenvalue weighted by Crippen LogP contribution is -2.22. The van der Waals surface area contributed by atoms with Gasteiger partial charge in [0.1, 0.15) is 5.75 Å². The Kier molecular flexibility index (Phi) is 5.23. The van der Waals surface area contributed by atoms with Crippen LogP contribution in [0.15, 0.2) is 48.5 Å². The highest BCUT2D eigenvalue weighted by molar-refractivity contribution is 6.30. The molecule has 0 amide bonds. The first-order valence-corrected chi connectivity index (χ1v) is 7.28. The van der Waals surface area contributed by atoms with Crippen LogP contribution in [0.5, 0.6) is 5.75 Å². The molecule has 0 aliphatic rings. The molecule has 0 aromatic heterocycles. The molecule has 21 heavy (non-hydrogen) atoms. The van der Waals surface area contributed by atoms with E-state index in [1.165, 1.54) is 0 Å². The van der Waals surface area contributed by atoms with Crippen LogP contribution in [0, 0.1) is 5.92 Å². The number of rotatable bonds is 5. The number of anilines is 1. The van der Waals surface area contributed by atoms with Gasteiger partial charge < -0.3 is 10.5 Å². The molecule has 1 unspecified atom stereocenters. The van der Waals surface area contributed by atoms with E-state index in [-0.39, 0.29) is 11.9 Å². The van der Waals surface area contributed by atoms with Gasteiger partial charge in [0.15, 0.2) is 0 Å². The van der Waals surface area contributed by atoms with Gasteiger partial charge in [0.25, 0.3) is 0 Å². The summed E-state index contributed by atoms with van der Waals surface area (Å²) in [6.07, 6.45) is 1.36. The lowest BCUT2D eigenvalue weighted by molar-refractivity contribution is -0.139. The Morgan fingerprint density at radius 1 is 1.14 bits per heavy atom. The van der Waals surface area contributed by atoms with Gasteiger partial charge in [-0.2, -0.15) is 0 Å². The van der Waals surface area contributed by atoms with Crippen molar-refractivity contribution in [3.05, 3.63) is 59.1 Å². The Morgan fingerprint density at radius 2 is 1.76 bits per heavy atom. The molecule has 2 rings (SSSR count). The maximum Gasteiger partial charge on any atom is 0.314 e. The Bertz CT molecular complexity index is 593. The number of hydrogen-bond acceptors (Lipinski definition) is 3. The number of nitrogens with two attached hydrogens (primary N) is 1. The number of hydrogen-bond donors (Lipinski definition) is 1. The van der Waals surface area contributed by atoms with Crippen LogP contribution in [0.3, 0.4) is 0 Å². The second-order valence-electron chi connectivity index (χ2n) is 4.93. The second-order valence-corrected chi connectivity index (χ2v) is 5.36. The topological polar surface area (TPSA) is 52.3 Å². The number of ether oxygens (including phenoxy) is 1. The van der Waals surface area contributed by atoms with E-state index < -0.39 is 0 Å². The zero-order valence-corrected chi connectivity index (χ0v) is 12.6. The minimum Gasteiger partial charge on any atom is -0.426 e. The normalized spacial score (nSPS) is 11.9. The molecule has 0 heterocycles. The molecule has 110 valence electrons. The standard InChI is InChI=1S/C17H18ClNO2/c1-2-13(11-12-3-7-15(19)8-4-12)17(20)21-16-9-5-14(18)6-10-16/h3-10,13H,2,11,19H2,1H3. The molecule has 0 fully saturated rings. The fourth-order valence-electron chi connectivity index (χ4n) is 2.03. The summed E-state index contributed by atoms with van der Waals surface area (Å²) in [5.41, 5.74) is 7.45. The van der Waals surface area contributed by atoms with Gasteiger partial charge in [-0.1, -0.05) is 30.7 Å². The van der Waals surface area contributed by atoms with E-state index in [4.69, 9.17) is 22.1 Å². The molecular formula is C17H18ClNO2. The average molecular weight is 304 g/mol. The van der Waals surface area contributed by atoms with E-state index in [9.17, 15) is 4.79 Å². The van der Waals surface area contributed by atoms with Gasteiger partial charge in [-0.25, -0.2) is 0 Å². The molecule has 0 radical (unpaired) electrons. The lowest BCUT2D eigenvalue weighted by atomic mass is 9.97. The van der Waals surface area contributed by atoms with E-state index in [0.717, 1.165) is 17.7 Å². The van der Waals surface area contributed by atoms with Crippen molar-refractivity contribution < 1.29 is 9.53 Å². The summed E-state index contributed by atoms with van der Waals surface area (Å²) in [7, 11) is 0. The van der Waals surface area contributed by atoms with E-state index in [0.29, 0.717) is 17.2 Å². The lowest BCUT2D eigenvalue weighted by Gasteiger charge is -2.14. The highest BCUT2D eigenvalue weighted by atomic mass is 35.5. The number of benzene rings is 2. The molecule has 4 heteroatoms. The number of esters is 1. The first-order valence-electron chi connectivity index (χ1n) is 6.90. The molecule has 2 aromatic carbocycles. The van der Waals surface area contributed by atoms with Crippen LogP contribution < -0.4 is 10.5 Å². The van der Waals surface area contributed by atoms with Gasteiger partial charge in [0, 0.05) is 10.7 Å². The monoisotopic (exact) mass is 303 g/mol. The minimum absolute atomic E-state index is 0.177. The van der Waals surface area contributed by atoms with E-state index in [1.54, 1.807) is 24.3 Å². The molecule has 0 aliphatic heterocycles. The van der Waals surface area contributed by atoms with Crippen molar-refractivity contribution in [3.63, 3.8) is 0 Å². The third-order valence-corrected chi connectivity index (χ3v) is 3.57. The summed E-state index contributed by atoms with van der Waals surface area (Å²) in [6.45, 7) is 1.98. The van der Waals surface area contributed by atoms with Crippen molar-refractivity contribution in [2.45, 2.75) is 19.8 Å². The Morgan fingerprint density at radius 3 is 2.33 bits per heavy atom. The highest BCUT2D eigenvalue weighted by Crippen LogP contribution is 2.20.